The normalized spacial score (nSPS) is 27.0. The maximum atomic E-state index is 15.8. The van der Waals surface area contributed by atoms with Gasteiger partial charge in [0.2, 0.25) is 70.9 Å². The molecule has 0 bridgehead atoms. The summed E-state index contributed by atoms with van der Waals surface area (Å²) >= 11 is 0. The molecule has 7 N–H and O–H groups in total. The van der Waals surface area contributed by atoms with Crippen LogP contribution >= 0.6 is 0 Å². The molecule has 25 nitrogen and oxygen atoms in total. The number of amides is 12. The highest BCUT2D eigenvalue weighted by molar-refractivity contribution is 6.02. The third kappa shape index (κ3) is 21.5. The van der Waals surface area contributed by atoms with Gasteiger partial charge in [-0.15, -0.1) is 0 Å². The lowest BCUT2D eigenvalue weighted by atomic mass is 9.78. The van der Waals surface area contributed by atoms with Crippen LogP contribution in [0.1, 0.15) is 163 Å². The molecule has 0 unspecified atom stereocenters. The predicted molar refractivity (Wildman–Crippen MR) is 341 cm³/mol. The van der Waals surface area contributed by atoms with Crippen LogP contribution in [0.2, 0.25) is 0 Å². The summed E-state index contributed by atoms with van der Waals surface area (Å²) in [5, 5.41) is 23.2. The minimum Gasteiger partial charge on any atom is -0.390 e. The molecule has 0 aliphatic carbocycles. The minimum absolute atomic E-state index is 0.0190. The Bertz CT molecular complexity index is 2500. The summed E-state index contributed by atoms with van der Waals surface area (Å²) in [6.07, 6.45) is 1.65. The van der Waals surface area contributed by atoms with Gasteiger partial charge in [-0.2, -0.15) is 0 Å². The molecule has 25 heteroatoms. The monoisotopic (exact) mass is 1260 g/mol. The molecular formula is C64H114N12O13. The molecule has 1 saturated heterocycles. The van der Waals surface area contributed by atoms with Gasteiger partial charge in [0.15, 0.2) is 0 Å². The highest BCUT2D eigenvalue weighted by Crippen LogP contribution is 2.34. The summed E-state index contributed by atoms with van der Waals surface area (Å²) in [5.41, 5.74) is 3.79. The van der Waals surface area contributed by atoms with E-state index in [9.17, 15) is 43.5 Å². The van der Waals surface area contributed by atoms with Crippen LogP contribution in [-0.2, 0) is 57.5 Å². The van der Waals surface area contributed by atoms with E-state index in [1.807, 2.05) is 55.4 Å². The van der Waals surface area contributed by atoms with Gasteiger partial charge >= 0.3 is 0 Å². The van der Waals surface area contributed by atoms with Crippen molar-refractivity contribution < 1.29 is 62.6 Å². The lowest BCUT2D eigenvalue weighted by molar-refractivity contribution is -0.166. The summed E-state index contributed by atoms with van der Waals surface area (Å²) in [4.78, 5) is 183. The van der Waals surface area contributed by atoms with Gasteiger partial charge in [0.1, 0.15) is 59.9 Å². The van der Waals surface area contributed by atoms with E-state index in [0.717, 1.165) is 14.7 Å². The molecule has 0 saturated carbocycles. The number of allylic oxidation sites excluding steroid dienone is 2. The molecular weight excluding hydrogens is 1140 g/mol. The van der Waals surface area contributed by atoms with E-state index in [4.69, 9.17) is 5.73 Å². The van der Waals surface area contributed by atoms with Crippen LogP contribution in [0.15, 0.2) is 12.2 Å². The molecule has 1 heterocycles. The SMILES string of the molecule is C/C=C/C[C@@H](C)[C@@H](O)[C@H]1C(=O)N[C@@H](CC)C(=O)N(C)CC(=O)N(C)[C@@H](CC(C)C)C(=O)N[C@@H](C(C)C)C(=O)N(C)[C@@H](CC(C)C)C(=O)N[C@@H](C)C(=O)N[C@H](C)C(=O)N(C)[C@@H](CC(C)C)C(=O)N(C)[C@@H](CC(C)C)C(=O)N(C)[C@@](CC(N)=O)(C(C)C)C(=O)N1C. The number of aliphatic hydroxyl groups excluding tert-OH is 1. The van der Waals surface area contributed by atoms with Crippen molar-refractivity contribution >= 4 is 70.9 Å². The van der Waals surface area contributed by atoms with E-state index < -0.39 is 168 Å². The van der Waals surface area contributed by atoms with Crippen LogP contribution in [0.4, 0.5) is 0 Å². The first-order valence-electron chi connectivity index (χ1n) is 31.6. The maximum Gasteiger partial charge on any atom is 0.249 e. The van der Waals surface area contributed by atoms with Crippen LogP contribution in [0.25, 0.3) is 0 Å². The standard InChI is InChI=1S/C64H114N12O13/c1-25-27-28-41(15)53(79)52-57(83)68-44(26-2)59(85)70(18)34-50(78)71(19)45(29-35(3)4)56(82)69-51(39(11)12)62(88)72(20)46(30-36(5)6)55(81)66-42(16)54(80)67-43(17)58(84)73(21)47(31-37(7)8)60(86)74(22)48(32-38(9)10)61(87)76(24)64(40(13)14,33-49(65)77)63(89)75(52)23/h25,27,35-48,51-53,79H,26,28-34H2,1-24H3,(H2,65,77)(H,66,81)(H,67,80)(H,68,83)(H,69,82)/b27-25+/t41-,42+,43-,44+,45+,46+,47+,48+,51+,52+,53-,64+/m1/s1. The summed E-state index contributed by atoms with van der Waals surface area (Å²) in [5.74, 6) is -12.3. The van der Waals surface area contributed by atoms with Gasteiger partial charge in [-0.25, -0.2) is 0 Å². The van der Waals surface area contributed by atoms with Gasteiger partial charge in [-0.1, -0.05) is 109 Å². The molecule has 0 aromatic rings. The Morgan fingerprint density at radius 2 is 1.00 bits per heavy atom. The molecule has 0 aromatic heterocycles. The van der Waals surface area contributed by atoms with Crippen LogP contribution in [-0.4, -0.2) is 232 Å². The number of hydrogen-bond acceptors (Lipinski definition) is 13. The van der Waals surface area contributed by atoms with Crippen molar-refractivity contribution in [3.05, 3.63) is 12.2 Å². The Hall–Kier alpha value is -6.66. The smallest absolute Gasteiger partial charge is 0.249 e. The fraction of sp³-hybridized carbons (Fsp3) is 0.781. The van der Waals surface area contributed by atoms with Crippen molar-refractivity contribution in [1.82, 2.24) is 55.6 Å². The number of primary amides is 1. The van der Waals surface area contributed by atoms with E-state index >= 15 is 19.2 Å². The van der Waals surface area contributed by atoms with E-state index in [1.165, 1.54) is 82.8 Å². The van der Waals surface area contributed by atoms with Gasteiger partial charge in [-0.3, -0.25) is 57.5 Å². The zero-order chi connectivity index (χ0) is 69.2. The number of rotatable bonds is 17. The molecule has 12 amide bonds. The molecule has 1 aliphatic heterocycles. The zero-order valence-electron chi connectivity index (χ0n) is 58.2. The topological polar surface area (TPSA) is 322 Å². The second kappa shape index (κ2) is 35.7. The van der Waals surface area contributed by atoms with Crippen molar-refractivity contribution in [3.63, 3.8) is 0 Å². The lowest BCUT2D eigenvalue weighted by Gasteiger charge is -2.48. The number of aliphatic hydroxyl groups is 1. The molecule has 89 heavy (non-hydrogen) atoms. The van der Waals surface area contributed by atoms with E-state index in [1.54, 1.807) is 60.6 Å². The van der Waals surface area contributed by atoms with Crippen LogP contribution in [0.5, 0.6) is 0 Å². The molecule has 0 aromatic carbocycles. The first kappa shape index (κ1) is 80.4. The molecule has 1 rings (SSSR count). The number of hydrogen-bond donors (Lipinski definition) is 6. The Morgan fingerprint density at radius 3 is 1.45 bits per heavy atom. The van der Waals surface area contributed by atoms with Gasteiger partial charge in [0.25, 0.3) is 0 Å². The van der Waals surface area contributed by atoms with Gasteiger partial charge in [0, 0.05) is 49.3 Å². The Balaban J connectivity index is 4.51. The average molecular weight is 1260 g/mol. The van der Waals surface area contributed by atoms with Crippen LogP contribution < -0.4 is 27.0 Å². The first-order chi connectivity index (χ1) is 41.0. The molecule has 0 spiro atoms. The molecule has 508 valence electrons. The fourth-order valence-electron chi connectivity index (χ4n) is 11.4. The Kier molecular flexibility index (Phi) is 32.2. The largest absolute Gasteiger partial charge is 0.390 e. The molecule has 0 radical (unpaired) electrons. The molecule has 1 aliphatic rings. The highest BCUT2D eigenvalue weighted by Gasteiger charge is 2.54. The summed E-state index contributed by atoms with van der Waals surface area (Å²) in [6, 6.07) is -11.8. The number of nitrogens with one attached hydrogen (secondary N) is 4. The van der Waals surface area contributed by atoms with E-state index in [-0.39, 0.29) is 62.2 Å². The fourth-order valence-corrected chi connectivity index (χ4v) is 11.4. The van der Waals surface area contributed by atoms with E-state index in [2.05, 4.69) is 21.3 Å². The number of carbonyl (C=O) groups is 12. The van der Waals surface area contributed by atoms with Crippen LogP contribution in [0, 0.1) is 41.4 Å². The number of carbonyl (C=O) groups excluding carboxylic acids is 12. The Morgan fingerprint density at radius 1 is 0.562 bits per heavy atom. The summed E-state index contributed by atoms with van der Waals surface area (Å²) in [7, 11) is 9.49. The van der Waals surface area contributed by atoms with E-state index in [0.29, 0.717) is 0 Å². The third-order valence-electron chi connectivity index (χ3n) is 17.1. The highest BCUT2D eigenvalue weighted by atomic mass is 16.3. The van der Waals surface area contributed by atoms with Crippen LogP contribution in [0.3, 0.4) is 0 Å². The first-order valence-corrected chi connectivity index (χ1v) is 31.6. The predicted octanol–water partition coefficient (Wildman–Crippen LogP) is 2.51. The van der Waals surface area contributed by atoms with Gasteiger partial charge < -0.3 is 66.4 Å². The Labute approximate surface area is 531 Å². The minimum atomic E-state index is -2.19. The van der Waals surface area contributed by atoms with Gasteiger partial charge in [0.05, 0.1) is 19.1 Å². The molecule has 12 atom stereocenters. The number of nitrogens with two attached hydrogens (primary N) is 1. The summed E-state index contributed by atoms with van der Waals surface area (Å²) in [6.45, 7) is 28.6. The van der Waals surface area contributed by atoms with Crippen molar-refractivity contribution in [2.75, 3.05) is 55.9 Å². The zero-order valence-corrected chi connectivity index (χ0v) is 58.2. The van der Waals surface area contributed by atoms with Crippen molar-refractivity contribution in [2.45, 2.75) is 229 Å². The summed E-state index contributed by atoms with van der Waals surface area (Å²) < 4.78 is 0. The van der Waals surface area contributed by atoms with Crippen molar-refractivity contribution in [2.24, 2.45) is 47.2 Å². The number of likely N-dealkylation sites (N-methyl/N-ethyl adjacent to an activating group) is 7. The average Bonchev–Trinajstić information content (AvgIpc) is 0.776. The lowest BCUT2D eigenvalue weighted by Crippen LogP contribution is -2.69. The quantitative estimate of drug-likeness (QED) is 0.114. The second-order valence-corrected chi connectivity index (χ2v) is 27.0. The van der Waals surface area contributed by atoms with Crippen molar-refractivity contribution in [3.8, 4) is 0 Å². The molecule has 1 fully saturated rings. The maximum absolute atomic E-state index is 15.8. The number of nitrogens with zero attached hydrogens (tertiary/aromatic N) is 7. The van der Waals surface area contributed by atoms with Crippen molar-refractivity contribution in [1.29, 1.82) is 0 Å². The van der Waals surface area contributed by atoms with Gasteiger partial charge in [-0.05, 0) is 101 Å². The third-order valence-corrected chi connectivity index (χ3v) is 17.1. The second-order valence-electron chi connectivity index (χ2n) is 27.0.